The van der Waals surface area contributed by atoms with E-state index in [4.69, 9.17) is 9.47 Å². The van der Waals surface area contributed by atoms with E-state index in [1.807, 2.05) is 6.07 Å². The third kappa shape index (κ3) is 2.51. The van der Waals surface area contributed by atoms with Crippen LogP contribution in [-0.2, 0) is 4.74 Å². The molecule has 0 amide bonds. The van der Waals surface area contributed by atoms with Crippen molar-refractivity contribution in [2.75, 3.05) is 13.7 Å². The fourth-order valence-electron chi connectivity index (χ4n) is 2.39. The number of hydrogen-bond donors (Lipinski definition) is 0. The van der Waals surface area contributed by atoms with Gasteiger partial charge in [0, 0.05) is 5.57 Å². The van der Waals surface area contributed by atoms with Gasteiger partial charge in [-0.2, -0.15) is 0 Å². The van der Waals surface area contributed by atoms with Crippen LogP contribution in [0.15, 0.2) is 54.1 Å². The summed E-state index contributed by atoms with van der Waals surface area (Å²) < 4.78 is 10.4. The number of ether oxygens (including phenoxy) is 2. The number of fused-ring (bicyclic) bond motifs is 1. The molecule has 1 aliphatic rings. The lowest BCUT2D eigenvalue weighted by Crippen LogP contribution is -2.19. The van der Waals surface area contributed by atoms with Crippen LogP contribution >= 0.6 is 0 Å². The maximum Gasteiger partial charge on any atom is 0.338 e. The van der Waals surface area contributed by atoms with E-state index in [0.717, 1.165) is 0 Å². The SMILES string of the molecule is COC(=O)c1ccccc1/C=C1\COc2ccccc2C1=O. The zero-order chi connectivity index (χ0) is 15.5. The van der Waals surface area contributed by atoms with Gasteiger partial charge in [0.1, 0.15) is 12.4 Å². The number of Topliss-reactive ketones (excluding diaryl/α,β-unsaturated/α-hetero) is 1. The molecule has 0 unspecified atom stereocenters. The second kappa shape index (κ2) is 5.85. The van der Waals surface area contributed by atoms with Crippen LogP contribution in [0.25, 0.3) is 6.08 Å². The Kier molecular flexibility index (Phi) is 3.74. The standard InChI is InChI=1S/C18H14O4/c1-21-18(20)14-7-3-2-6-12(14)10-13-11-22-16-9-5-4-8-15(16)17(13)19/h2-10H,11H2,1H3/b13-10+. The molecular formula is C18H14O4. The first-order chi connectivity index (χ1) is 10.7. The zero-order valence-electron chi connectivity index (χ0n) is 12.0. The van der Waals surface area contributed by atoms with Gasteiger partial charge in [0.15, 0.2) is 5.78 Å². The summed E-state index contributed by atoms with van der Waals surface area (Å²) in [5.41, 5.74) is 2.11. The Labute approximate surface area is 128 Å². The third-order valence-corrected chi connectivity index (χ3v) is 3.50. The van der Waals surface area contributed by atoms with Gasteiger partial charge in [0.05, 0.1) is 18.2 Å². The highest BCUT2D eigenvalue weighted by atomic mass is 16.5. The first-order valence-corrected chi connectivity index (χ1v) is 6.85. The summed E-state index contributed by atoms with van der Waals surface area (Å²) in [4.78, 5) is 24.3. The second-order valence-corrected chi connectivity index (χ2v) is 4.86. The Hall–Kier alpha value is -2.88. The van der Waals surface area contributed by atoms with E-state index in [0.29, 0.717) is 28.0 Å². The van der Waals surface area contributed by atoms with E-state index in [-0.39, 0.29) is 12.4 Å². The Morgan fingerprint density at radius 1 is 1.14 bits per heavy atom. The minimum Gasteiger partial charge on any atom is -0.488 e. The van der Waals surface area contributed by atoms with Crippen LogP contribution in [0.1, 0.15) is 26.3 Å². The van der Waals surface area contributed by atoms with Gasteiger partial charge in [0.2, 0.25) is 0 Å². The summed E-state index contributed by atoms with van der Waals surface area (Å²) in [5, 5.41) is 0. The van der Waals surface area contributed by atoms with Crippen LogP contribution in [0.3, 0.4) is 0 Å². The number of ketones is 1. The van der Waals surface area contributed by atoms with E-state index in [1.54, 1.807) is 48.5 Å². The molecule has 0 aliphatic carbocycles. The van der Waals surface area contributed by atoms with Gasteiger partial charge in [-0.1, -0.05) is 30.3 Å². The molecule has 2 aromatic carbocycles. The molecule has 0 aromatic heterocycles. The molecule has 4 nitrogen and oxygen atoms in total. The highest BCUT2D eigenvalue weighted by Crippen LogP contribution is 2.28. The molecule has 0 atom stereocenters. The maximum absolute atomic E-state index is 12.5. The van der Waals surface area contributed by atoms with Gasteiger partial charge in [-0.15, -0.1) is 0 Å². The Bertz CT molecular complexity index is 774. The lowest BCUT2D eigenvalue weighted by Gasteiger charge is -2.18. The number of hydrogen-bond acceptors (Lipinski definition) is 4. The molecular weight excluding hydrogens is 280 g/mol. The smallest absolute Gasteiger partial charge is 0.338 e. The van der Waals surface area contributed by atoms with Crippen molar-refractivity contribution in [1.82, 2.24) is 0 Å². The third-order valence-electron chi connectivity index (χ3n) is 3.50. The lowest BCUT2D eigenvalue weighted by molar-refractivity contribution is 0.0600. The predicted octanol–water partition coefficient (Wildman–Crippen LogP) is 3.13. The number of benzene rings is 2. The van der Waals surface area contributed by atoms with Gasteiger partial charge in [-0.25, -0.2) is 4.79 Å². The van der Waals surface area contributed by atoms with Crippen molar-refractivity contribution in [2.45, 2.75) is 0 Å². The monoisotopic (exact) mass is 294 g/mol. The molecule has 1 heterocycles. The summed E-state index contributed by atoms with van der Waals surface area (Å²) in [6.07, 6.45) is 1.69. The Morgan fingerprint density at radius 3 is 2.68 bits per heavy atom. The normalized spacial score (nSPS) is 15.1. The van der Waals surface area contributed by atoms with Crippen LogP contribution in [-0.4, -0.2) is 25.5 Å². The highest BCUT2D eigenvalue weighted by Gasteiger charge is 2.23. The van der Waals surface area contributed by atoms with Gasteiger partial charge < -0.3 is 9.47 Å². The topological polar surface area (TPSA) is 52.6 Å². The molecule has 0 fully saturated rings. The van der Waals surface area contributed by atoms with Crippen molar-refractivity contribution in [3.8, 4) is 5.75 Å². The van der Waals surface area contributed by atoms with Crippen molar-refractivity contribution < 1.29 is 19.1 Å². The molecule has 0 saturated carbocycles. The summed E-state index contributed by atoms with van der Waals surface area (Å²) in [7, 11) is 1.33. The minimum atomic E-state index is -0.433. The first kappa shape index (κ1) is 14.1. The fraction of sp³-hybridized carbons (Fsp3) is 0.111. The van der Waals surface area contributed by atoms with E-state index < -0.39 is 5.97 Å². The molecule has 0 N–H and O–H groups in total. The Morgan fingerprint density at radius 2 is 1.86 bits per heavy atom. The molecule has 110 valence electrons. The van der Waals surface area contributed by atoms with Crippen molar-refractivity contribution >= 4 is 17.8 Å². The van der Waals surface area contributed by atoms with Crippen molar-refractivity contribution in [2.24, 2.45) is 0 Å². The maximum atomic E-state index is 12.5. The number of rotatable bonds is 2. The van der Waals surface area contributed by atoms with Crippen molar-refractivity contribution in [1.29, 1.82) is 0 Å². The number of para-hydroxylation sites is 1. The molecule has 0 saturated heterocycles. The fourth-order valence-corrected chi connectivity index (χ4v) is 2.39. The largest absolute Gasteiger partial charge is 0.488 e. The average Bonchev–Trinajstić information content (AvgIpc) is 2.57. The van der Waals surface area contributed by atoms with Crippen molar-refractivity contribution in [3.63, 3.8) is 0 Å². The van der Waals surface area contributed by atoms with E-state index >= 15 is 0 Å². The summed E-state index contributed by atoms with van der Waals surface area (Å²) in [6, 6.07) is 14.1. The van der Waals surface area contributed by atoms with Crippen molar-refractivity contribution in [3.05, 3.63) is 70.8 Å². The summed E-state index contributed by atoms with van der Waals surface area (Å²) in [6.45, 7) is 0.186. The molecule has 1 aliphatic heterocycles. The number of carbonyl (C=O) groups is 2. The van der Waals surface area contributed by atoms with Crippen LogP contribution < -0.4 is 4.74 Å². The average molecular weight is 294 g/mol. The molecule has 0 bridgehead atoms. The predicted molar refractivity (Wildman–Crippen MR) is 82.0 cm³/mol. The lowest BCUT2D eigenvalue weighted by atomic mass is 9.97. The molecule has 2 aromatic rings. The molecule has 0 radical (unpaired) electrons. The Balaban J connectivity index is 2.01. The molecule has 3 rings (SSSR count). The number of esters is 1. The summed E-state index contributed by atoms with van der Waals surface area (Å²) in [5.74, 6) is 0.0736. The van der Waals surface area contributed by atoms with Crippen LogP contribution in [0.2, 0.25) is 0 Å². The van der Waals surface area contributed by atoms with Crippen LogP contribution in [0, 0.1) is 0 Å². The van der Waals surface area contributed by atoms with E-state index in [9.17, 15) is 9.59 Å². The molecule has 22 heavy (non-hydrogen) atoms. The van der Waals surface area contributed by atoms with E-state index in [2.05, 4.69) is 0 Å². The zero-order valence-corrected chi connectivity index (χ0v) is 12.0. The van der Waals surface area contributed by atoms with Crippen LogP contribution in [0.4, 0.5) is 0 Å². The van der Waals surface area contributed by atoms with Gasteiger partial charge >= 0.3 is 5.97 Å². The second-order valence-electron chi connectivity index (χ2n) is 4.86. The quantitative estimate of drug-likeness (QED) is 0.631. The molecule has 0 spiro atoms. The highest BCUT2D eigenvalue weighted by molar-refractivity contribution is 6.14. The number of methoxy groups -OCH3 is 1. The van der Waals surface area contributed by atoms with Gasteiger partial charge in [-0.05, 0) is 29.8 Å². The molecule has 4 heteroatoms. The number of carbonyl (C=O) groups excluding carboxylic acids is 2. The van der Waals surface area contributed by atoms with E-state index in [1.165, 1.54) is 7.11 Å². The first-order valence-electron chi connectivity index (χ1n) is 6.85. The van der Waals surface area contributed by atoms with Gasteiger partial charge in [0.25, 0.3) is 0 Å². The minimum absolute atomic E-state index is 0.0819. The summed E-state index contributed by atoms with van der Waals surface area (Å²) >= 11 is 0. The van der Waals surface area contributed by atoms with Crippen LogP contribution in [0.5, 0.6) is 5.75 Å². The van der Waals surface area contributed by atoms with Gasteiger partial charge in [-0.3, -0.25) is 4.79 Å².